The van der Waals surface area contributed by atoms with Crippen molar-refractivity contribution in [3.8, 4) is 0 Å². The zero-order valence-corrected chi connectivity index (χ0v) is 17.2. The maximum atomic E-state index is 6.46. The number of nitrogens with one attached hydrogen (secondary N) is 1. The summed E-state index contributed by atoms with van der Waals surface area (Å²) in [4.78, 5) is 11.2. The first-order valence-electron chi connectivity index (χ1n) is 10.3. The van der Waals surface area contributed by atoms with Crippen molar-refractivity contribution in [3.05, 3.63) is 71.5 Å². The quantitative estimate of drug-likeness (QED) is 0.653. The molecule has 1 aliphatic heterocycles. The molecule has 0 saturated carbocycles. The van der Waals surface area contributed by atoms with Gasteiger partial charge in [0.1, 0.15) is 12.0 Å². The van der Waals surface area contributed by atoms with Gasteiger partial charge in [0.15, 0.2) is 11.6 Å². The van der Waals surface area contributed by atoms with Crippen molar-refractivity contribution < 1.29 is 0 Å². The Labute approximate surface area is 173 Å². The maximum absolute atomic E-state index is 6.46. The van der Waals surface area contributed by atoms with E-state index in [0.717, 1.165) is 43.9 Å². The number of hydrogen-bond acceptors (Lipinski definition) is 5. The highest BCUT2D eigenvalue weighted by Crippen LogP contribution is 2.32. The standard InChI is InChI=1S/C24H29N5/c1-17-8-9-21(14-18(17)2)28-23-22(25)24(27-16-26-23)29-12-10-20(11-13-29)15-19-6-4-3-5-7-19/h3-9,14,16,20H,10-13,15,25H2,1-2H3,(H,26,27,28). The van der Waals surface area contributed by atoms with Gasteiger partial charge in [0.25, 0.3) is 0 Å². The van der Waals surface area contributed by atoms with Crippen LogP contribution < -0.4 is 16.0 Å². The van der Waals surface area contributed by atoms with E-state index in [2.05, 4.69) is 82.6 Å². The monoisotopic (exact) mass is 387 g/mol. The molecule has 0 spiro atoms. The van der Waals surface area contributed by atoms with Gasteiger partial charge >= 0.3 is 0 Å². The minimum absolute atomic E-state index is 0.618. The molecule has 3 aromatic rings. The highest BCUT2D eigenvalue weighted by molar-refractivity contribution is 5.78. The van der Waals surface area contributed by atoms with Gasteiger partial charge in [-0.25, -0.2) is 9.97 Å². The molecule has 0 aliphatic carbocycles. The third kappa shape index (κ3) is 4.50. The molecule has 0 radical (unpaired) electrons. The number of benzene rings is 2. The Morgan fingerprint density at radius 3 is 2.48 bits per heavy atom. The van der Waals surface area contributed by atoms with Gasteiger partial charge in [0, 0.05) is 18.8 Å². The Morgan fingerprint density at radius 1 is 1.00 bits per heavy atom. The van der Waals surface area contributed by atoms with E-state index in [0.29, 0.717) is 17.4 Å². The van der Waals surface area contributed by atoms with Gasteiger partial charge in [0.2, 0.25) is 0 Å². The minimum Gasteiger partial charge on any atom is -0.393 e. The largest absolute Gasteiger partial charge is 0.393 e. The predicted octanol–water partition coefficient (Wildman–Crippen LogP) is 4.88. The molecule has 4 rings (SSSR count). The Hall–Kier alpha value is -3.08. The number of anilines is 4. The third-order valence-corrected chi connectivity index (χ3v) is 5.91. The number of piperidine rings is 1. The lowest BCUT2D eigenvalue weighted by atomic mass is 9.90. The van der Waals surface area contributed by atoms with Crippen LogP contribution >= 0.6 is 0 Å². The van der Waals surface area contributed by atoms with Crippen LogP contribution in [0.15, 0.2) is 54.9 Å². The van der Waals surface area contributed by atoms with Crippen LogP contribution in [0.5, 0.6) is 0 Å². The van der Waals surface area contributed by atoms with Crippen molar-refractivity contribution in [1.29, 1.82) is 0 Å². The van der Waals surface area contributed by atoms with Gasteiger partial charge in [-0.05, 0) is 67.9 Å². The van der Waals surface area contributed by atoms with Crippen molar-refractivity contribution in [2.75, 3.05) is 29.0 Å². The summed E-state index contributed by atoms with van der Waals surface area (Å²) < 4.78 is 0. The molecule has 2 heterocycles. The van der Waals surface area contributed by atoms with Gasteiger partial charge in [-0.2, -0.15) is 0 Å². The summed E-state index contributed by atoms with van der Waals surface area (Å²) >= 11 is 0. The highest BCUT2D eigenvalue weighted by atomic mass is 15.2. The molecular formula is C24H29N5. The Bertz CT molecular complexity index is 962. The number of hydrogen-bond donors (Lipinski definition) is 2. The van der Waals surface area contributed by atoms with E-state index in [1.165, 1.54) is 16.7 Å². The van der Waals surface area contributed by atoms with Crippen molar-refractivity contribution in [2.24, 2.45) is 5.92 Å². The fraction of sp³-hybridized carbons (Fsp3) is 0.333. The number of aromatic nitrogens is 2. The molecule has 5 heteroatoms. The van der Waals surface area contributed by atoms with Crippen LogP contribution in [0.4, 0.5) is 23.0 Å². The van der Waals surface area contributed by atoms with Gasteiger partial charge in [-0.1, -0.05) is 36.4 Å². The molecule has 1 aliphatic rings. The fourth-order valence-corrected chi connectivity index (χ4v) is 3.99. The number of aryl methyl sites for hydroxylation is 2. The Kier molecular flexibility index (Phi) is 5.65. The van der Waals surface area contributed by atoms with Gasteiger partial charge in [-0.15, -0.1) is 0 Å². The van der Waals surface area contributed by atoms with Crippen LogP contribution in [0.25, 0.3) is 0 Å². The lowest BCUT2D eigenvalue weighted by Gasteiger charge is -2.33. The second-order valence-electron chi connectivity index (χ2n) is 8.00. The van der Waals surface area contributed by atoms with E-state index < -0.39 is 0 Å². The molecule has 1 saturated heterocycles. The second kappa shape index (κ2) is 8.52. The van der Waals surface area contributed by atoms with Crippen LogP contribution in [0.3, 0.4) is 0 Å². The first-order chi connectivity index (χ1) is 14.1. The first kappa shape index (κ1) is 19.2. The van der Waals surface area contributed by atoms with Gasteiger partial charge in [-0.3, -0.25) is 0 Å². The van der Waals surface area contributed by atoms with E-state index in [4.69, 9.17) is 5.73 Å². The fourth-order valence-electron chi connectivity index (χ4n) is 3.99. The number of nitrogen functional groups attached to an aromatic ring is 1. The number of nitrogens with two attached hydrogens (primary N) is 1. The summed E-state index contributed by atoms with van der Waals surface area (Å²) in [5, 5.41) is 3.36. The number of rotatable bonds is 5. The molecule has 0 amide bonds. The molecule has 150 valence electrons. The van der Waals surface area contributed by atoms with E-state index in [1.54, 1.807) is 6.33 Å². The van der Waals surface area contributed by atoms with Crippen molar-refractivity contribution in [1.82, 2.24) is 9.97 Å². The average Bonchev–Trinajstić information content (AvgIpc) is 2.74. The molecule has 2 aromatic carbocycles. The Morgan fingerprint density at radius 2 is 1.76 bits per heavy atom. The van der Waals surface area contributed by atoms with Gasteiger partial charge < -0.3 is 16.0 Å². The summed E-state index contributed by atoms with van der Waals surface area (Å²) in [7, 11) is 0. The summed E-state index contributed by atoms with van der Waals surface area (Å²) in [6.07, 6.45) is 5.05. The zero-order chi connectivity index (χ0) is 20.2. The topological polar surface area (TPSA) is 67.1 Å². The summed E-state index contributed by atoms with van der Waals surface area (Å²) in [5.41, 5.74) is 12.0. The van der Waals surface area contributed by atoms with E-state index >= 15 is 0 Å². The minimum atomic E-state index is 0.618. The first-order valence-corrected chi connectivity index (χ1v) is 10.3. The average molecular weight is 388 g/mol. The smallest absolute Gasteiger partial charge is 0.159 e. The summed E-state index contributed by atoms with van der Waals surface area (Å²) in [6, 6.07) is 17.0. The molecule has 0 unspecified atom stereocenters. The SMILES string of the molecule is Cc1ccc(Nc2ncnc(N3CCC(Cc4ccccc4)CC3)c2N)cc1C. The second-order valence-corrected chi connectivity index (χ2v) is 8.00. The zero-order valence-electron chi connectivity index (χ0n) is 17.2. The van der Waals surface area contributed by atoms with E-state index in [-0.39, 0.29) is 0 Å². The molecule has 1 fully saturated rings. The molecule has 29 heavy (non-hydrogen) atoms. The molecule has 0 atom stereocenters. The van der Waals surface area contributed by atoms with Crippen LogP contribution in [-0.2, 0) is 6.42 Å². The predicted molar refractivity (Wildman–Crippen MR) is 121 cm³/mol. The molecule has 5 nitrogen and oxygen atoms in total. The number of nitrogens with zero attached hydrogens (tertiary/aromatic N) is 3. The molecule has 0 bridgehead atoms. The summed E-state index contributed by atoms with van der Waals surface area (Å²) in [6.45, 7) is 6.16. The van der Waals surface area contributed by atoms with E-state index in [1.807, 2.05) is 0 Å². The van der Waals surface area contributed by atoms with Gasteiger partial charge in [0.05, 0.1) is 0 Å². The van der Waals surface area contributed by atoms with E-state index in [9.17, 15) is 0 Å². The van der Waals surface area contributed by atoms with Crippen LogP contribution in [0.2, 0.25) is 0 Å². The van der Waals surface area contributed by atoms with Crippen LogP contribution in [0, 0.1) is 19.8 Å². The highest BCUT2D eigenvalue weighted by Gasteiger charge is 2.23. The molecule has 3 N–H and O–H groups in total. The lowest BCUT2D eigenvalue weighted by Crippen LogP contribution is -2.35. The van der Waals surface area contributed by atoms with Crippen LogP contribution in [-0.4, -0.2) is 23.1 Å². The lowest BCUT2D eigenvalue weighted by molar-refractivity contribution is 0.402. The molecule has 1 aromatic heterocycles. The summed E-state index contributed by atoms with van der Waals surface area (Å²) in [5.74, 6) is 2.22. The van der Waals surface area contributed by atoms with Crippen molar-refractivity contribution in [3.63, 3.8) is 0 Å². The normalized spacial score (nSPS) is 14.8. The molecular weight excluding hydrogens is 358 g/mol. The Balaban J connectivity index is 1.43. The maximum Gasteiger partial charge on any atom is 0.159 e. The van der Waals surface area contributed by atoms with Crippen molar-refractivity contribution in [2.45, 2.75) is 33.1 Å². The van der Waals surface area contributed by atoms with Crippen molar-refractivity contribution >= 4 is 23.0 Å². The van der Waals surface area contributed by atoms with Crippen LogP contribution in [0.1, 0.15) is 29.5 Å². The third-order valence-electron chi connectivity index (χ3n) is 5.91.